The van der Waals surface area contributed by atoms with Crippen LogP contribution in [0.3, 0.4) is 0 Å². The molecule has 1 aliphatic carbocycles. The fourth-order valence-electron chi connectivity index (χ4n) is 4.42. The summed E-state index contributed by atoms with van der Waals surface area (Å²) in [6.45, 7) is 4.16. The van der Waals surface area contributed by atoms with Crippen LogP contribution >= 0.6 is 0 Å². The predicted octanol–water partition coefficient (Wildman–Crippen LogP) is 4.23. The zero-order valence-electron chi connectivity index (χ0n) is 17.2. The number of aromatic nitrogens is 7. The molecule has 0 bridgehead atoms. The highest BCUT2D eigenvalue weighted by atomic mass is 19.4. The Kier molecular flexibility index (Phi) is 5.33. The molecule has 7 nitrogen and oxygen atoms in total. The quantitative estimate of drug-likeness (QED) is 0.669. The van der Waals surface area contributed by atoms with E-state index in [0.29, 0.717) is 28.9 Å². The summed E-state index contributed by atoms with van der Waals surface area (Å²) < 4.78 is 42.5. The number of aryl methyl sites for hydroxylation is 2. The smallest absolute Gasteiger partial charge is 0.268 e. The molecule has 10 heteroatoms. The second kappa shape index (κ2) is 7.81. The first-order valence-electron chi connectivity index (χ1n) is 10.2. The number of pyridine rings is 1. The van der Waals surface area contributed by atoms with Gasteiger partial charge in [0.15, 0.2) is 0 Å². The number of tetrazole rings is 1. The van der Waals surface area contributed by atoms with Crippen molar-refractivity contribution in [2.75, 3.05) is 0 Å². The number of fused-ring (bicyclic) bond motifs is 1. The van der Waals surface area contributed by atoms with Crippen molar-refractivity contribution in [2.45, 2.75) is 58.0 Å². The number of alkyl halides is 3. The molecular formula is C20H24F3N7. The average molecular weight is 419 g/mol. The van der Waals surface area contributed by atoms with Crippen molar-refractivity contribution < 1.29 is 13.2 Å². The van der Waals surface area contributed by atoms with Crippen molar-refractivity contribution in [3.63, 3.8) is 0 Å². The summed E-state index contributed by atoms with van der Waals surface area (Å²) in [6.07, 6.45) is -0.667. The first-order chi connectivity index (χ1) is 14.3. The van der Waals surface area contributed by atoms with Gasteiger partial charge >= 0.3 is 6.18 Å². The van der Waals surface area contributed by atoms with Crippen LogP contribution in [0, 0.1) is 5.92 Å². The maximum Gasteiger partial charge on any atom is 0.392 e. The van der Waals surface area contributed by atoms with E-state index >= 15 is 0 Å². The molecule has 160 valence electrons. The number of hydrogen-bond donors (Lipinski definition) is 1. The Hall–Kier alpha value is -2.78. The Morgan fingerprint density at radius 1 is 1.23 bits per heavy atom. The van der Waals surface area contributed by atoms with Gasteiger partial charge < -0.3 is 0 Å². The number of rotatable bonds is 5. The van der Waals surface area contributed by atoms with E-state index in [1.807, 2.05) is 6.07 Å². The molecule has 0 spiro atoms. The number of aromatic amines is 1. The Morgan fingerprint density at radius 3 is 2.57 bits per heavy atom. The van der Waals surface area contributed by atoms with Crippen LogP contribution in [0.2, 0.25) is 0 Å². The van der Waals surface area contributed by atoms with Gasteiger partial charge in [-0.3, -0.25) is 9.67 Å². The van der Waals surface area contributed by atoms with E-state index in [4.69, 9.17) is 4.98 Å². The third kappa shape index (κ3) is 3.48. The van der Waals surface area contributed by atoms with E-state index in [1.165, 1.54) is 0 Å². The molecule has 1 N–H and O–H groups in total. The molecular weight excluding hydrogens is 395 g/mol. The van der Waals surface area contributed by atoms with E-state index in [0.717, 1.165) is 29.9 Å². The van der Waals surface area contributed by atoms with Crippen LogP contribution in [0.5, 0.6) is 0 Å². The van der Waals surface area contributed by atoms with Crippen LogP contribution in [-0.2, 0) is 19.9 Å². The summed E-state index contributed by atoms with van der Waals surface area (Å²) in [7, 11) is 1.78. The van der Waals surface area contributed by atoms with Crippen LogP contribution in [0.25, 0.3) is 22.6 Å². The lowest BCUT2D eigenvalue weighted by molar-refractivity contribution is -0.177. The summed E-state index contributed by atoms with van der Waals surface area (Å²) in [6, 6.07) is 1.81. The fraction of sp³-hybridized carbons (Fsp3) is 0.550. The molecule has 0 aromatic carbocycles. The van der Waals surface area contributed by atoms with E-state index in [1.54, 1.807) is 17.9 Å². The minimum absolute atomic E-state index is 0.0538. The zero-order valence-corrected chi connectivity index (χ0v) is 17.2. The largest absolute Gasteiger partial charge is 0.392 e. The molecule has 1 atom stereocenters. The molecule has 4 rings (SSSR count). The lowest BCUT2D eigenvalue weighted by Gasteiger charge is -2.30. The Morgan fingerprint density at radius 2 is 2.00 bits per heavy atom. The second-order valence-corrected chi connectivity index (χ2v) is 7.74. The Balaban J connectivity index is 2.05. The van der Waals surface area contributed by atoms with Crippen LogP contribution in [-0.4, -0.2) is 41.6 Å². The van der Waals surface area contributed by atoms with Gasteiger partial charge in [-0.15, -0.1) is 10.2 Å². The molecule has 1 unspecified atom stereocenters. The van der Waals surface area contributed by atoms with Crippen LogP contribution in [0.1, 0.15) is 56.0 Å². The van der Waals surface area contributed by atoms with Crippen LogP contribution < -0.4 is 0 Å². The monoisotopic (exact) mass is 419 g/mol. The SMILES string of the molecule is CCC(CC)c1nc2c(c(-c3ccnn3C)c1-c1nn[nH]n1)CC(C(F)(F)F)CC2. The van der Waals surface area contributed by atoms with Crippen molar-refractivity contribution in [3.05, 3.63) is 29.2 Å². The standard InChI is InChI=1S/C20H24F3N7/c1-4-11(5-2)18-17(19-26-28-29-27-19)16(15-8-9-24-30(15)3)13-10-12(20(21,22)23)6-7-14(13)25-18/h8-9,11-12H,4-7,10H2,1-3H3,(H,26,27,28,29). The van der Waals surface area contributed by atoms with Crippen molar-refractivity contribution in [1.29, 1.82) is 0 Å². The summed E-state index contributed by atoms with van der Waals surface area (Å²) in [5, 5.41) is 18.8. The first kappa shape index (κ1) is 20.5. The van der Waals surface area contributed by atoms with Gasteiger partial charge in [0.1, 0.15) is 0 Å². The lowest BCUT2D eigenvalue weighted by atomic mass is 9.79. The highest BCUT2D eigenvalue weighted by molar-refractivity contribution is 5.84. The third-order valence-corrected chi connectivity index (χ3v) is 6.07. The maximum atomic E-state index is 13.6. The molecule has 0 aliphatic heterocycles. The normalized spacial score (nSPS) is 16.8. The number of nitrogens with one attached hydrogen (secondary N) is 1. The van der Waals surface area contributed by atoms with E-state index in [-0.39, 0.29) is 18.8 Å². The van der Waals surface area contributed by atoms with Gasteiger partial charge in [-0.25, -0.2) is 0 Å². The van der Waals surface area contributed by atoms with Gasteiger partial charge in [-0.05, 0) is 48.9 Å². The maximum absolute atomic E-state index is 13.6. The molecule has 1 aliphatic rings. The molecule has 0 radical (unpaired) electrons. The molecule has 0 saturated heterocycles. The third-order valence-electron chi connectivity index (χ3n) is 6.07. The van der Waals surface area contributed by atoms with Gasteiger partial charge in [-0.2, -0.15) is 23.5 Å². The molecule has 3 heterocycles. The minimum atomic E-state index is -4.25. The summed E-state index contributed by atoms with van der Waals surface area (Å²) >= 11 is 0. The lowest BCUT2D eigenvalue weighted by Crippen LogP contribution is -2.30. The van der Waals surface area contributed by atoms with E-state index in [9.17, 15) is 13.2 Å². The number of halogens is 3. The van der Waals surface area contributed by atoms with Crippen molar-refractivity contribution in [3.8, 4) is 22.6 Å². The number of hydrogen-bond acceptors (Lipinski definition) is 5. The molecule has 3 aromatic heterocycles. The van der Waals surface area contributed by atoms with E-state index in [2.05, 4.69) is 39.6 Å². The first-order valence-corrected chi connectivity index (χ1v) is 10.2. The van der Waals surface area contributed by atoms with E-state index < -0.39 is 12.1 Å². The van der Waals surface area contributed by atoms with Crippen molar-refractivity contribution in [1.82, 2.24) is 35.4 Å². The molecule has 0 fully saturated rings. The zero-order chi connectivity index (χ0) is 21.5. The van der Waals surface area contributed by atoms with Crippen LogP contribution in [0.4, 0.5) is 13.2 Å². The van der Waals surface area contributed by atoms with Gasteiger partial charge in [0.2, 0.25) is 5.82 Å². The van der Waals surface area contributed by atoms with Crippen molar-refractivity contribution in [2.24, 2.45) is 13.0 Å². The highest BCUT2D eigenvalue weighted by Gasteiger charge is 2.43. The number of nitrogens with zero attached hydrogens (tertiary/aromatic N) is 6. The highest BCUT2D eigenvalue weighted by Crippen LogP contribution is 2.45. The summed E-state index contributed by atoms with van der Waals surface area (Å²) in [5.74, 6) is -0.912. The van der Waals surface area contributed by atoms with Gasteiger partial charge in [0.25, 0.3) is 0 Å². The molecule has 30 heavy (non-hydrogen) atoms. The second-order valence-electron chi connectivity index (χ2n) is 7.74. The summed E-state index contributed by atoms with van der Waals surface area (Å²) in [4.78, 5) is 4.91. The number of H-pyrrole nitrogens is 1. The molecule has 0 saturated carbocycles. The van der Waals surface area contributed by atoms with Crippen LogP contribution in [0.15, 0.2) is 12.3 Å². The molecule has 0 amide bonds. The Labute approximate surface area is 172 Å². The molecule has 3 aromatic rings. The summed E-state index contributed by atoms with van der Waals surface area (Å²) in [5.41, 5.74) is 4.24. The van der Waals surface area contributed by atoms with Gasteiger partial charge in [0.05, 0.1) is 22.9 Å². The Bertz CT molecular complexity index is 1020. The predicted molar refractivity (Wildman–Crippen MR) is 105 cm³/mol. The fourth-order valence-corrected chi connectivity index (χ4v) is 4.42. The minimum Gasteiger partial charge on any atom is -0.268 e. The average Bonchev–Trinajstić information content (AvgIpc) is 3.38. The topological polar surface area (TPSA) is 85.2 Å². The van der Waals surface area contributed by atoms with Crippen molar-refractivity contribution >= 4 is 0 Å². The van der Waals surface area contributed by atoms with Gasteiger partial charge in [-0.1, -0.05) is 13.8 Å². The van der Waals surface area contributed by atoms with Gasteiger partial charge in [0, 0.05) is 30.4 Å².